The summed E-state index contributed by atoms with van der Waals surface area (Å²) in [5, 5.41) is 9.44. The van der Waals surface area contributed by atoms with Crippen molar-refractivity contribution in [2.45, 2.75) is 59.3 Å². The van der Waals surface area contributed by atoms with Crippen molar-refractivity contribution in [1.82, 2.24) is 24.9 Å². The Labute approximate surface area is 177 Å². The highest BCUT2D eigenvalue weighted by atomic mass is 15.3. The molecule has 1 aliphatic heterocycles. The van der Waals surface area contributed by atoms with Crippen molar-refractivity contribution in [1.29, 1.82) is 0 Å². The first-order valence-corrected chi connectivity index (χ1v) is 11.1. The Morgan fingerprint density at radius 3 is 2.57 bits per heavy atom. The number of nitrogens with zero attached hydrogens (tertiary/aromatic N) is 3. The number of aromatic amines is 1. The number of benzene rings is 1. The second kappa shape index (κ2) is 7.24. The Morgan fingerprint density at radius 2 is 1.83 bits per heavy atom. The van der Waals surface area contributed by atoms with Gasteiger partial charge in [-0.15, -0.1) is 0 Å². The van der Waals surface area contributed by atoms with Gasteiger partial charge in [-0.1, -0.05) is 19.9 Å². The summed E-state index contributed by atoms with van der Waals surface area (Å²) in [6.45, 7) is 13.1. The zero-order valence-corrected chi connectivity index (χ0v) is 18.6. The van der Waals surface area contributed by atoms with Gasteiger partial charge in [0.25, 0.3) is 0 Å². The number of H-pyrrole nitrogens is 1. The fourth-order valence-corrected chi connectivity index (χ4v) is 5.07. The quantitative estimate of drug-likeness (QED) is 0.484. The summed E-state index contributed by atoms with van der Waals surface area (Å²) in [6, 6.07) is 7.05. The first kappa shape index (κ1) is 19.3. The van der Waals surface area contributed by atoms with E-state index in [9.17, 15) is 0 Å². The lowest BCUT2D eigenvalue weighted by molar-refractivity contribution is 0.460. The highest BCUT2D eigenvalue weighted by molar-refractivity contribution is 5.92. The molecule has 0 atom stereocenters. The van der Waals surface area contributed by atoms with E-state index < -0.39 is 0 Å². The average Bonchev–Trinajstić information content (AvgIpc) is 3.30. The number of aryl methyl sites for hydroxylation is 2. The molecule has 0 spiro atoms. The van der Waals surface area contributed by atoms with E-state index in [1.807, 2.05) is 11.4 Å². The van der Waals surface area contributed by atoms with Crippen LogP contribution >= 0.6 is 0 Å². The number of fused-ring (bicyclic) bond motifs is 2. The summed E-state index contributed by atoms with van der Waals surface area (Å²) in [5.41, 5.74) is 9.94. The first-order chi connectivity index (χ1) is 14.4. The largest absolute Gasteiger partial charge is 0.354 e. The molecule has 0 aliphatic carbocycles. The van der Waals surface area contributed by atoms with Crippen molar-refractivity contribution in [3.8, 4) is 11.3 Å². The zero-order valence-electron chi connectivity index (χ0n) is 18.6. The van der Waals surface area contributed by atoms with Crippen LogP contribution in [0.15, 0.2) is 24.4 Å². The SMILES string of the molecule is Cc1nc2c(C)c(C)c(-c3[nH]c4ccc(C5CCNCC5)cc4c3C(C)C)cn2n1. The number of pyridine rings is 1. The number of rotatable bonds is 3. The summed E-state index contributed by atoms with van der Waals surface area (Å²) < 4.78 is 1.93. The monoisotopic (exact) mass is 401 g/mol. The van der Waals surface area contributed by atoms with E-state index in [-0.39, 0.29) is 0 Å². The van der Waals surface area contributed by atoms with Gasteiger partial charge in [0.1, 0.15) is 5.82 Å². The van der Waals surface area contributed by atoms with Gasteiger partial charge >= 0.3 is 0 Å². The molecule has 5 nitrogen and oxygen atoms in total. The summed E-state index contributed by atoms with van der Waals surface area (Å²) in [4.78, 5) is 8.37. The van der Waals surface area contributed by atoms with E-state index >= 15 is 0 Å². The van der Waals surface area contributed by atoms with Crippen LogP contribution in [0, 0.1) is 20.8 Å². The summed E-state index contributed by atoms with van der Waals surface area (Å²) in [6.07, 6.45) is 4.59. The number of hydrogen-bond acceptors (Lipinski definition) is 3. The Hall–Kier alpha value is -2.66. The van der Waals surface area contributed by atoms with E-state index in [0.717, 1.165) is 24.6 Å². The molecule has 1 aromatic carbocycles. The van der Waals surface area contributed by atoms with Crippen LogP contribution in [0.4, 0.5) is 0 Å². The molecule has 1 fully saturated rings. The molecule has 5 rings (SSSR count). The minimum absolute atomic E-state index is 0.421. The van der Waals surface area contributed by atoms with Crippen molar-refractivity contribution in [2.24, 2.45) is 0 Å². The van der Waals surface area contributed by atoms with Crippen LogP contribution in [0.2, 0.25) is 0 Å². The van der Waals surface area contributed by atoms with Crippen LogP contribution in [0.25, 0.3) is 27.8 Å². The Bertz CT molecular complexity index is 1240. The van der Waals surface area contributed by atoms with Crippen LogP contribution in [0.1, 0.15) is 66.6 Å². The molecular weight excluding hydrogens is 370 g/mol. The molecule has 0 bridgehead atoms. The number of piperidine rings is 1. The molecular formula is C25H31N5. The molecule has 0 amide bonds. The molecule has 3 aromatic heterocycles. The van der Waals surface area contributed by atoms with Gasteiger partial charge in [-0.05, 0) is 92.9 Å². The number of nitrogens with one attached hydrogen (secondary N) is 2. The van der Waals surface area contributed by atoms with Crippen molar-refractivity contribution < 1.29 is 0 Å². The van der Waals surface area contributed by atoms with Crippen molar-refractivity contribution in [3.63, 3.8) is 0 Å². The van der Waals surface area contributed by atoms with E-state index in [1.54, 1.807) is 0 Å². The molecule has 1 saturated heterocycles. The Kier molecular flexibility index (Phi) is 4.66. The van der Waals surface area contributed by atoms with Crippen LogP contribution in [-0.4, -0.2) is 32.7 Å². The van der Waals surface area contributed by atoms with Crippen molar-refractivity contribution in [3.05, 3.63) is 52.5 Å². The predicted molar refractivity (Wildman–Crippen MR) is 123 cm³/mol. The second-order valence-corrected chi connectivity index (χ2v) is 9.12. The van der Waals surface area contributed by atoms with Gasteiger partial charge in [-0.25, -0.2) is 9.50 Å². The third kappa shape index (κ3) is 3.03. The maximum absolute atomic E-state index is 4.61. The van der Waals surface area contributed by atoms with Crippen LogP contribution in [-0.2, 0) is 0 Å². The maximum Gasteiger partial charge on any atom is 0.158 e. The van der Waals surface area contributed by atoms with Gasteiger partial charge in [-0.3, -0.25) is 0 Å². The molecule has 5 heteroatoms. The van der Waals surface area contributed by atoms with Gasteiger partial charge in [0.15, 0.2) is 5.65 Å². The normalized spacial score (nSPS) is 15.7. The van der Waals surface area contributed by atoms with Gasteiger partial charge in [0.2, 0.25) is 0 Å². The first-order valence-electron chi connectivity index (χ1n) is 11.1. The van der Waals surface area contributed by atoms with Gasteiger partial charge in [-0.2, -0.15) is 5.10 Å². The number of hydrogen-bond donors (Lipinski definition) is 2. The molecule has 4 heterocycles. The van der Waals surface area contributed by atoms with E-state index in [1.165, 1.54) is 57.3 Å². The fraction of sp³-hybridized carbons (Fsp3) is 0.440. The lowest BCUT2D eigenvalue weighted by Crippen LogP contribution is -2.26. The van der Waals surface area contributed by atoms with Crippen LogP contribution < -0.4 is 5.32 Å². The third-order valence-electron chi connectivity index (χ3n) is 6.81. The molecule has 1 aliphatic rings. The van der Waals surface area contributed by atoms with Gasteiger partial charge in [0.05, 0.1) is 5.69 Å². The summed E-state index contributed by atoms with van der Waals surface area (Å²) in [5.74, 6) is 1.89. The average molecular weight is 402 g/mol. The van der Waals surface area contributed by atoms with E-state index in [2.05, 4.69) is 72.5 Å². The van der Waals surface area contributed by atoms with E-state index in [4.69, 9.17) is 0 Å². The molecule has 0 saturated carbocycles. The Balaban J connectivity index is 1.72. The van der Waals surface area contributed by atoms with Gasteiger partial charge < -0.3 is 10.3 Å². The highest BCUT2D eigenvalue weighted by Crippen LogP contribution is 2.39. The molecule has 30 heavy (non-hydrogen) atoms. The van der Waals surface area contributed by atoms with Crippen molar-refractivity contribution >= 4 is 16.6 Å². The van der Waals surface area contributed by atoms with Crippen LogP contribution in [0.5, 0.6) is 0 Å². The zero-order chi connectivity index (χ0) is 21.0. The molecule has 0 radical (unpaired) electrons. The fourth-order valence-electron chi connectivity index (χ4n) is 5.07. The maximum atomic E-state index is 4.61. The van der Waals surface area contributed by atoms with Crippen molar-refractivity contribution in [2.75, 3.05) is 13.1 Å². The van der Waals surface area contributed by atoms with Gasteiger partial charge in [0, 0.05) is 22.7 Å². The highest BCUT2D eigenvalue weighted by Gasteiger charge is 2.22. The Morgan fingerprint density at radius 1 is 1.07 bits per heavy atom. The number of aromatic nitrogens is 4. The summed E-state index contributed by atoms with van der Waals surface area (Å²) in [7, 11) is 0. The lowest BCUT2D eigenvalue weighted by atomic mass is 9.88. The summed E-state index contributed by atoms with van der Waals surface area (Å²) >= 11 is 0. The molecule has 4 aromatic rings. The minimum atomic E-state index is 0.421. The van der Waals surface area contributed by atoms with E-state index in [0.29, 0.717) is 11.8 Å². The predicted octanol–water partition coefficient (Wildman–Crippen LogP) is 5.39. The standard InChI is InChI=1S/C25H31N5/c1-14(2)23-20-12-19(18-8-10-26-11-9-18)6-7-22(20)28-24(23)21-13-30-25(16(4)15(21)3)27-17(5)29-30/h6-7,12-14,18,26,28H,8-11H2,1-5H3. The minimum Gasteiger partial charge on any atom is -0.354 e. The second-order valence-electron chi connectivity index (χ2n) is 9.12. The lowest BCUT2D eigenvalue weighted by Gasteiger charge is -2.23. The van der Waals surface area contributed by atoms with Crippen LogP contribution in [0.3, 0.4) is 0 Å². The molecule has 2 N–H and O–H groups in total. The molecule has 0 unspecified atom stereocenters. The molecule has 156 valence electrons. The third-order valence-corrected chi connectivity index (χ3v) is 6.81. The topological polar surface area (TPSA) is 58.0 Å². The smallest absolute Gasteiger partial charge is 0.158 e.